The maximum absolute atomic E-state index is 10.9. The number of hydrogen-bond donors (Lipinski definition) is 3. The standard InChI is InChI=1S/C11H10N2O2/c12-9-5-7(1-3-10(9)14)8-2-4-11(15)13-6-8/h1-6,14H,12H2,(H,13,15). The Morgan fingerprint density at radius 1 is 1.13 bits per heavy atom. The Morgan fingerprint density at radius 3 is 2.47 bits per heavy atom. The summed E-state index contributed by atoms with van der Waals surface area (Å²) in [6.07, 6.45) is 1.61. The number of anilines is 1. The van der Waals surface area contributed by atoms with Gasteiger partial charge in [0.15, 0.2) is 0 Å². The van der Waals surface area contributed by atoms with Crippen LogP contribution in [0.25, 0.3) is 11.1 Å². The Labute approximate surface area is 86.0 Å². The Balaban J connectivity index is 2.50. The Morgan fingerprint density at radius 2 is 1.87 bits per heavy atom. The molecule has 0 bridgehead atoms. The number of pyridine rings is 1. The van der Waals surface area contributed by atoms with E-state index in [0.717, 1.165) is 11.1 Å². The number of nitrogen functional groups attached to an aromatic ring is 1. The van der Waals surface area contributed by atoms with E-state index in [1.807, 2.05) is 0 Å². The third kappa shape index (κ3) is 1.83. The fraction of sp³-hybridized carbons (Fsp3) is 0. The van der Waals surface area contributed by atoms with Crippen molar-refractivity contribution >= 4 is 5.69 Å². The largest absolute Gasteiger partial charge is 0.506 e. The number of nitrogens with two attached hydrogens (primary N) is 1. The molecule has 0 aliphatic rings. The van der Waals surface area contributed by atoms with E-state index in [0.29, 0.717) is 5.69 Å². The number of H-pyrrole nitrogens is 1. The number of phenols is 1. The van der Waals surface area contributed by atoms with Gasteiger partial charge in [0.05, 0.1) is 5.69 Å². The molecule has 1 aromatic carbocycles. The molecule has 0 unspecified atom stereocenters. The minimum Gasteiger partial charge on any atom is -0.506 e. The van der Waals surface area contributed by atoms with Crippen molar-refractivity contribution in [2.24, 2.45) is 0 Å². The van der Waals surface area contributed by atoms with Crippen LogP contribution in [-0.4, -0.2) is 10.1 Å². The van der Waals surface area contributed by atoms with Gasteiger partial charge in [0, 0.05) is 12.3 Å². The van der Waals surface area contributed by atoms with Crippen molar-refractivity contribution in [3.63, 3.8) is 0 Å². The number of rotatable bonds is 1. The Bertz CT molecular complexity index is 526. The topological polar surface area (TPSA) is 79.1 Å². The summed E-state index contributed by atoms with van der Waals surface area (Å²) in [5, 5.41) is 9.25. The highest BCUT2D eigenvalue weighted by atomic mass is 16.3. The molecule has 0 fully saturated rings. The van der Waals surface area contributed by atoms with Crippen LogP contribution < -0.4 is 11.3 Å². The van der Waals surface area contributed by atoms with Crippen molar-refractivity contribution in [2.75, 3.05) is 5.73 Å². The summed E-state index contributed by atoms with van der Waals surface area (Å²) >= 11 is 0. The van der Waals surface area contributed by atoms with Gasteiger partial charge in [-0.25, -0.2) is 0 Å². The summed E-state index contributed by atoms with van der Waals surface area (Å²) in [5.74, 6) is 0.0585. The summed E-state index contributed by atoms with van der Waals surface area (Å²) in [5.41, 5.74) is 7.43. The normalized spacial score (nSPS) is 10.1. The molecule has 0 saturated carbocycles. The van der Waals surface area contributed by atoms with Gasteiger partial charge in [-0.05, 0) is 29.3 Å². The van der Waals surface area contributed by atoms with Gasteiger partial charge in [-0.1, -0.05) is 6.07 Å². The van der Waals surface area contributed by atoms with Gasteiger partial charge in [0.2, 0.25) is 5.56 Å². The molecule has 0 spiro atoms. The van der Waals surface area contributed by atoms with Gasteiger partial charge < -0.3 is 15.8 Å². The van der Waals surface area contributed by atoms with Crippen LogP contribution in [0.5, 0.6) is 5.75 Å². The lowest BCUT2D eigenvalue weighted by atomic mass is 10.1. The molecule has 0 amide bonds. The van der Waals surface area contributed by atoms with E-state index in [1.54, 1.807) is 24.4 Å². The first-order valence-electron chi connectivity index (χ1n) is 4.44. The predicted molar refractivity (Wildman–Crippen MR) is 58.6 cm³/mol. The average Bonchev–Trinajstić information content (AvgIpc) is 2.23. The summed E-state index contributed by atoms with van der Waals surface area (Å²) in [6, 6.07) is 8.06. The molecule has 1 heterocycles. The van der Waals surface area contributed by atoms with Crippen LogP contribution in [0.15, 0.2) is 41.3 Å². The van der Waals surface area contributed by atoms with E-state index < -0.39 is 0 Å². The van der Waals surface area contributed by atoms with Crippen LogP contribution in [0.1, 0.15) is 0 Å². The molecule has 0 saturated heterocycles. The third-order valence-electron chi connectivity index (χ3n) is 2.15. The van der Waals surface area contributed by atoms with E-state index in [9.17, 15) is 9.90 Å². The molecule has 4 heteroatoms. The van der Waals surface area contributed by atoms with Crippen LogP contribution in [-0.2, 0) is 0 Å². The molecule has 0 radical (unpaired) electrons. The molecule has 0 aliphatic carbocycles. The molecule has 76 valence electrons. The first kappa shape index (κ1) is 9.33. The second kappa shape index (κ2) is 3.49. The number of hydrogen-bond acceptors (Lipinski definition) is 3. The Kier molecular flexibility index (Phi) is 2.17. The van der Waals surface area contributed by atoms with Gasteiger partial charge in [-0.2, -0.15) is 0 Å². The fourth-order valence-electron chi connectivity index (χ4n) is 1.32. The predicted octanol–water partition coefficient (Wildman–Crippen LogP) is 1.33. The third-order valence-corrected chi connectivity index (χ3v) is 2.15. The number of aromatic nitrogens is 1. The number of aromatic amines is 1. The van der Waals surface area contributed by atoms with E-state index in [-0.39, 0.29) is 11.3 Å². The number of aromatic hydroxyl groups is 1. The molecule has 0 aliphatic heterocycles. The monoisotopic (exact) mass is 202 g/mol. The Hall–Kier alpha value is -2.23. The van der Waals surface area contributed by atoms with E-state index >= 15 is 0 Å². The lowest BCUT2D eigenvalue weighted by Gasteiger charge is -2.03. The summed E-state index contributed by atoms with van der Waals surface area (Å²) < 4.78 is 0. The van der Waals surface area contributed by atoms with Crippen molar-refractivity contribution < 1.29 is 5.11 Å². The molecular weight excluding hydrogens is 192 g/mol. The zero-order valence-corrected chi connectivity index (χ0v) is 7.90. The highest BCUT2D eigenvalue weighted by Gasteiger charge is 2.01. The molecule has 4 N–H and O–H groups in total. The number of nitrogens with one attached hydrogen (secondary N) is 1. The van der Waals surface area contributed by atoms with Crippen LogP contribution >= 0.6 is 0 Å². The van der Waals surface area contributed by atoms with Gasteiger partial charge in [0.25, 0.3) is 0 Å². The van der Waals surface area contributed by atoms with E-state index in [1.165, 1.54) is 12.1 Å². The van der Waals surface area contributed by atoms with Crippen LogP contribution in [0.4, 0.5) is 5.69 Å². The lowest BCUT2D eigenvalue weighted by Crippen LogP contribution is -2.01. The summed E-state index contributed by atoms with van der Waals surface area (Å²) in [7, 11) is 0. The summed E-state index contributed by atoms with van der Waals surface area (Å²) in [4.78, 5) is 13.4. The SMILES string of the molecule is Nc1cc(-c2ccc(=O)[nH]c2)ccc1O. The maximum atomic E-state index is 10.9. The zero-order chi connectivity index (χ0) is 10.8. The zero-order valence-electron chi connectivity index (χ0n) is 7.90. The lowest BCUT2D eigenvalue weighted by molar-refractivity contribution is 0.478. The van der Waals surface area contributed by atoms with E-state index in [2.05, 4.69) is 4.98 Å². The highest BCUT2D eigenvalue weighted by Crippen LogP contribution is 2.26. The second-order valence-electron chi connectivity index (χ2n) is 3.22. The highest BCUT2D eigenvalue weighted by molar-refractivity contribution is 5.69. The van der Waals surface area contributed by atoms with Crippen LogP contribution in [0.3, 0.4) is 0 Å². The molecular formula is C11H10N2O2. The van der Waals surface area contributed by atoms with Crippen molar-refractivity contribution in [3.8, 4) is 16.9 Å². The second-order valence-corrected chi connectivity index (χ2v) is 3.22. The maximum Gasteiger partial charge on any atom is 0.247 e. The summed E-state index contributed by atoms with van der Waals surface area (Å²) in [6.45, 7) is 0. The number of phenolic OH excluding ortho intramolecular Hbond substituents is 1. The fourth-order valence-corrected chi connectivity index (χ4v) is 1.32. The molecule has 0 atom stereocenters. The molecule has 2 aromatic rings. The van der Waals surface area contributed by atoms with Gasteiger partial charge in [-0.3, -0.25) is 4.79 Å². The minimum atomic E-state index is -0.148. The van der Waals surface area contributed by atoms with Crippen molar-refractivity contribution in [3.05, 3.63) is 46.9 Å². The van der Waals surface area contributed by atoms with Gasteiger partial charge in [-0.15, -0.1) is 0 Å². The van der Waals surface area contributed by atoms with Crippen molar-refractivity contribution in [1.82, 2.24) is 4.98 Å². The minimum absolute atomic E-state index is 0.0585. The van der Waals surface area contributed by atoms with E-state index in [4.69, 9.17) is 5.73 Å². The van der Waals surface area contributed by atoms with Crippen molar-refractivity contribution in [2.45, 2.75) is 0 Å². The van der Waals surface area contributed by atoms with Crippen molar-refractivity contribution in [1.29, 1.82) is 0 Å². The number of benzene rings is 1. The average molecular weight is 202 g/mol. The molecule has 2 rings (SSSR count). The molecule has 4 nitrogen and oxygen atoms in total. The quantitative estimate of drug-likeness (QED) is 0.482. The molecule has 1 aromatic heterocycles. The van der Waals surface area contributed by atoms with Gasteiger partial charge in [0.1, 0.15) is 5.75 Å². The van der Waals surface area contributed by atoms with Gasteiger partial charge >= 0.3 is 0 Å². The van der Waals surface area contributed by atoms with Crippen LogP contribution in [0, 0.1) is 0 Å². The van der Waals surface area contributed by atoms with Crippen LogP contribution in [0.2, 0.25) is 0 Å². The first-order valence-corrected chi connectivity index (χ1v) is 4.44. The smallest absolute Gasteiger partial charge is 0.247 e. The first-order chi connectivity index (χ1) is 7.16. The molecule has 15 heavy (non-hydrogen) atoms.